The number of esters is 1. The molecule has 1 atom stereocenters. The number of anilines is 1. The Labute approximate surface area is 193 Å². The van der Waals surface area contributed by atoms with Crippen LogP contribution in [0, 0.1) is 11.7 Å². The number of ether oxygens (including phenoxy) is 1. The van der Waals surface area contributed by atoms with E-state index in [-0.39, 0.29) is 17.5 Å². The van der Waals surface area contributed by atoms with Crippen molar-refractivity contribution in [3.8, 4) is 11.4 Å². The van der Waals surface area contributed by atoms with Gasteiger partial charge in [0.25, 0.3) is 0 Å². The zero-order valence-electron chi connectivity index (χ0n) is 18.0. The van der Waals surface area contributed by atoms with Gasteiger partial charge in [-0.25, -0.2) is 9.18 Å². The first-order valence-electron chi connectivity index (χ1n) is 10.2. The lowest BCUT2D eigenvalue weighted by Crippen LogP contribution is -2.17. The number of benzene rings is 1. The van der Waals surface area contributed by atoms with Gasteiger partial charge in [0.1, 0.15) is 10.8 Å². The van der Waals surface area contributed by atoms with Crippen molar-refractivity contribution in [2.75, 3.05) is 18.2 Å². The number of carbonyl (C=O) groups is 2. The molecule has 0 spiro atoms. The molecule has 3 aromatic rings. The Morgan fingerprint density at radius 2 is 2.06 bits per heavy atom. The van der Waals surface area contributed by atoms with Crippen LogP contribution in [0.2, 0.25) is 0 Å². The summed E-state index contributed by atoms with van der Waals surface area (Å²) in [5, 5.41) is 12.3. The minimum absolute atomic E-state index is 0.106. The summed E-state index contributed by atoms with van der Waals surface area (Å²) in [5.74, 6) is 0.265. The number of methoxy groups -OCH3 is 1. The van der Waals surface area contributed by atoms with Gasteiger partial charge in [-0.3, -0.25) is 4.79 Å². The standard InChI is InChI=1S/C22H23FN4O3S2/c1-12-4-9-15-16(10-12)32-20(18(15)21(29)30-3)24-17(28)11-31-22-26-25-19(27(22)2)13-5-7-14(23)8-6-13/h5-8,12H,4,9-11H2,1-3H3,(H,24,28). The van der Waals surface area contributed by atoms with Crippen LogP contribution in [0.3, 0.4) is 0 Å². The molecule has 0 bridgehead atoms. The maximum absolute atomic E-state index is 13.2. The van der Waals surface area contributed by atoms with Gasteiger partial charge in [-0.2, -0.15) is 0 Å². The predicted molar refractivity (Wildman–Crippen MR) is 123 cm³/mol. The highest BCUT2D eigenvalue weighted by molar-refractivity contribution is 7.99. The van der Waals surface area contributed by atoms with Crippen LogP contribution in [0.15, 0.2) is 29.4 Å². The van der Waals surface area contributed by atoms with E-state index in [9.17, 15) is 14.0 Å². The van der Waals surface area contributed by atoms with Crippen LogP contribution in [0.4, 0.5) is 9.39 Å². The van der Waals surface area contributed by atoms with Crippen LogP contribution >= 0.6 is 23.1 Å². The lowest BCUT2D eigenvalue weighted by atomic mass is 9.88. The van der Waals surface area contributed by atoms with Gasteiger partial charge < -0.3 is 14.6 Å². The zero-order chi connectivity index (χ0) is 22.8. The van der Waals surface area contributed by atoms with E-state index in [2.05, 4.69) is 22.4 Å². The van der Waals surface area contributed by atoms with Crippen LogP contribution in [-0.2, 0) is 29.4 Å². The first-order valence-corrected chi connectivity index (χ1v) is 12.0. The normalized spacial score (nSPS) is 15.3. The fourth-order valence-corrected chi connectivity index (χ4v) is 5.87. The molecule has 1 aliphatic rings. The minimum atomic E-state index is -0.419. The summed E-state index contributed by atoms with van der Waals surface area (Å²) >= 11 is 2.70. The number of aromatic nitrogens is 3. The molecule has 1 aliphatic carbocycles. The SMILES string of the molecule is COC(=O)c1c(NC(=O)CSc2nnc(-c3ccc(F)cc3)n2C)sc2c1CCC(C)C2. The summed E-state index contributed by atoms with van der Waals surface area (Å²) in [6.45, 7) is 2.19. The van der Waals surface area contributed by atoms with Gasteiger partial charge >= 0.3 is 5.97 Å². The van der Waals surface area contributed by atoms with Crippen LogP contribution in [0.5, 0.6) is 0 Å². The van der Waals surface area contributed by atoms with E-state index in [0.717, 1.165) is 35.3 Å². The molecule has 1 amide bonds. The molecular formula is C22H23FN4O3S2. The molecule has 1 unspecified atom stereocenters. The Bertz CT molecular complexity index is 1160. The number of halogens is 1. The number of fused-ring (bicyclic) bond motifs is 1. The average molecular weight is 475 g/mol. The minimum Gasteiger partial charge on any atom is -0.465 e. The molecule has 1 N–H and O–H groups in total. The Morgan fingerprint density at radius 3 is 2.78 bits per heavy atom. The molecule has 7 nitrogen and oxygen atoms in total. The summed E-state index contributed by atoms with van der Waals surface area (Å²) < 4.78 is 19.9. The number of amides is 1. The maximum atomic E-state index is 13.2. The second kappa shape index (κ2) is 9.41. The maximum Gasteiger partial charge on any atom is 0.341 e. The lowest BCUT2D eigenvalue weighted by Gasteiger charge is -2.18. The summed E-state index contributed by atoms with van der Waals surface area (Å²) in [6, 6.07) is 6.00. The van der Waals surface area contributed by atoms with Gasteiger partial charge in [0.2, 0.25) is 5.91 Å². The molecule has 0 aliphatic heterocycles. The predicted octanol–water partition coefficient (Wildman–Crippen LogP) is 4.32. The molecule has 1 aromatic carbocycles. The molecule has 0 saturated carbocycles. The van der Waals surface area contributed by atoms with Crippen molar-refractivity contribution in [3.05, 3.63) is 46.1 Å². The fraction of sp³-hybridized carbons (Fsp3) is 0.364. The number of thioether (sulfide) groups is 1. The highest BCUT2D eigenvalue weighted by Crippen LogP contribution is 2.40. The van der Waals surface area contributed by atoms with Crippen molar-refractivity contribution < 1.29 is 18.7 Å². The molecule has 2 heterocycles. The van der Waals surface area contributed by atoms with Crippen molar-refractivity contribution in [2.24, 2.45) is 13.0 Å². The van der Waals surface area contributed by atoms with Crippen molar-refractivity contribution in [2.45, 2.75) is 31.3 Å². The molecule has 168 valence electrons. The quantitative estimate of drug-likeness (QED) is 0.423. The highest BCUT2D eigenvalue weighted by atomic mass is 32.2. The molecule has 0 fully saturated rings. The zero-order valence-corrected chi connectivity index (χ0v) is 19.6. The molecule has 2 aromatic heterocycles. The van der Waals surface area contributed by atoms with E-state index in [4.69, 9.17) is 4.74 Å². The number of rotatable bonds is 6. The van der Waals surface area contributed by atoms with E-state index in [1.165, 1.54) is 42.3 Å². The molecule has 32 heavy (non-hydrogen) atoms. The second-order valence-electron chi connectivity index (χ2n) is 7.76. The number of hydrogen-bond acceptors (Lipinski definition) is 7. The largest absolute Gasteiger partial charge is 0.465 e. The van der Waals surface area contributed by atoms with Crippen molar-refractivity contribution in [1.82, 2.24) is 14.8 Å². The van der Waals surface area contributed by atoms with Gasteiger partial charge in [-0.05, 0) is 55.0 Å². The first kappa shape index (κ1) is 22.5. The first-order chi connectivity index (χ1) is 15.4. The third-order valence-corrected chi connectivity index (χ3v) is 7.61. The van der Waals surface area contributed by atoms with Gasteiger partial charge in [0.15, 0.2) is 11.0 Å². The highest BCUT2D eigenvalue weighted by Gasteiger charge is 2.29. The molecular weight excluding hydrogens is 451 g/mol. The summed E-state index contributed by atoms with van der Waals surface area (Å²) in [6.07, 6.45) is 2.73. The Kier molecular flexibility index (Phi) is 6.61. The van der Waals surface area contributed by atoms with Crippen LogP contribution < -0.4 is 5.32 Å². The number of hydrogen-bond donors (Lipinski definition) is 1. The summed E-state index contributed by atoms with van der Waals surface area (Å²) in [5.41, 5.74) is 2.22. The van der Waals surface area contributed by atoms with E-state index in [1.807, 2.05) is 0 Å². The van der Waals surface area contributed by atoms with Gasteiger partial charge in [0, 0.05) is 17.5 Å². The molecule has 0 radical (unpaired) electrons. The van der Waals surface area contributed by atoms with Gasteiger partial charge in [0.05, 0.1) is 18.4 Å². The lowest BCUT2D eigenvalue weighted by molar-refractivity contribution is -0.113. The van der Waals surface area contributed by atoms with Crippen LogP contribution in [-0.4, -0.2) is 39.5 Å². The van der Waals surface area contributed by atoms with Gasteiger partial charge in [-0.1, -0.05) is 18.7 Å². The van der Waals surface area contributed by atoms with E-state index < -0.39 is 5.97 Å². The third kappa shape index (κ3) is 4.56. The molecule has 4 rings (SSSR count). The number of nitrogens with one attached hydrogen (secondary N) is 1. The smallest absolute Gasteiger partial charge is 0.341 e. The monoisotopic (exact) mass is 474 g/mol. The second-order valence-corrected chi connectivity index (χ2v) is 9.80. The summed E-state index contributed by atoms with van der Waals surface area (Å²) in [4.78, 5) is 26.2. The van der Waals surface area contributed by atoms with Crippen molar-refractivity contribution >= 4 is 40.0 Å². The Morgan fingerprint density at radius 1 is 1.31 bits per heavy atom. The van der Waals surface area contributed by atoms with Crippen molar-refractivity contribution in [3.63, 3.8) is 0 Å². The number of carbonyl (C=O) groups excluding carboxylic acids is 2. The molecule has 10 heteroatoms. The fourth-order valence-electron chi connectivity index (χ4n) is 3.74. The topological polar surface area (TPSA) is 86.1 Å². The Hall–Kier alpha value is -2.72. The van der Waals surface area contributed by atoms with Crippen LogP contribution in [0.1, 0.15) is 34.1 Å². The number of thiophene rings is 1. The van der Waals surface area contributed by atoms with Gasteiger partial charge in [-0.15, -0.1) is 21.5 Å². The van der Waals surface area contributed by atoms with E-state index in [0.29, 0.717) is 27.5 Å². The molecule has 0 saturated heterocycles. The third-order valence-electron chi connectivity index (χ3n) is 5.42. The Balaban J connectivity index is 1.46. The van der Waals surface area contributed by atoms with Crippen LogP contribution in [0.25, 0.3) is 11.4 Å². The van der Waals surface area contributed by atoms with Crippen molar-refractivity contribution in [1.29, 1.82) is 0 Å². The van der Waals surface area contributed by atoms with E-state index in [1.54, 1.807) is 23.7 Å². The summed E-state index contributed by atoms with van der Waals surface area (Å²) in [7, 11) is 3.15. The number of nitrogens with zero attached hydrogens (tertiary/aromatic N) is 3. The average Bonchev–Trinajstić information content (AvgIpc) is 3.31. The van der Waals surface area contributed by atoms with E-state index >= 15 is 0 Å².